The molecule has 0 bridgehead atoms. The van der Waals surface area contributed by atoms with E-state index in [9.17, 15) is 0 Å². The van der Waals surface area contributed by atoms with Crippen LogP contribution in [0, 0.1) is 0 Å². The Bertz CT molecular complexity index is 747. The van der Waals surface area contributed by atoms with Gasteiger partial charge in [-0.05, 0) is 5.56 Å². The van der Waals surface area contributed by atoms with Gasteiger partial charge in [-0.1, -0.05) is 44.2 Å². The summed E-state index contributed by atoms with van der Waals surface area (Å²) in [5.74, 6) is 0.897. The van der Waals surface area contributed by atoms with Gasteiger partial charge < -0.3 is 16.0 Å². The number of anilines is 2. The van der Waals surface area contributed by atoms with Crippen LogP contribution in [0.2, 0.25) is 0 Å². The molecule has 6 nitrogen and oxygen atoms in total. The van der Waals surface area contributed by atoms with Crippen LogP contribution in [0.4, 0.5) is 11.8 Å². The number of imidazole rings is 1. The van der Waals surface area contributed by atoms with E-state index in [1.54, 1.807) is 6.33 Å². The lowest BCUT2D eigenvalue weighted by molar-refractivity contribution is 0.556. The molecule has 0 amide bonds. The van der Waals surface area contributed by atoms with Crippen LogP contribution in [0.1, 0.15) is 19.4 Å². The van der Waals surface area contributed by atoms with Crippen molar-refractivity contribution in [2.75, 3.05) is 17.6 Å². The van der Waals surface area contributed by atoms with Crippen LogP contribution in [0.3, 0.4) is 0 Å². The van der Waals surface area contributed by atoms with Crippen LogP contribution in [-0.4, -0.2) is 26.5 Å². The van der Waals surface area contributed by atoms with Crippen molar-refractivity contribution >= 4 is 22.9 Å². The lowest BCUT2D eigenvalue weighted by Crippen LogP contribution is -2.28. The summed E-state index contributed by atoms with van der Waals surface area (Å²) < 4.78 is 0. The molecule has 4 N–H and O–H groups in total. The van der Waals surface area contributed by atoms with E-state index in [1.165, 1.54) is 5.56 Å². The van der Waals surface area contributed by atoms with Crippen molar-refractivity contribution in [1.29, 1.82) is 0 Å². The Morgan fingerprint density at radius 2 is 1.95 bits per heavy atom. The first-order valence-corrected chi connectivity index (χ1v) is 6.82. The summed E-state index contributed by atoms with van der Waals surface area (Å²) in [5.41, 5.74) is 8.29. The van der Waals surface area contributed by atoms with Gasteiger partial charge in [0.1, 0.15) is 5.52 Å². The second-order valence-corrected chi connectivity index (χ2v) is 5.64. The zero-order valence-corrected chi connectivity index (χ0v) is 12.1. The predicted molar refractivity (Wildman–Crippen MR) is 84.1 cm³/mol. The van der Waals surface area contributed by atoms with E-state index in [0.717, 1.165) is 12.1 Å². The minimum absolute atomic E-state index is 0.0344. The van der Waals surface area contributed by atoms with E-state index >= 15 is 0 Å². The molecule has 0 unspecified atom stereocenters. The molecule has 21 heavy (non-hydrogen) atoms. The summed E-state index contributed by atoms with van der Waals surface area (Å²) in [5, 5.41) is 3.35. The highest BCUT2D eigenvalue weighted by atomic mass is 15.1. The first-order valence-electron chi connectivity index (χ1n) is 6.82. The molecular formula is C15H18N6. The smallest absolute Gasteiger partial charge is 0.224 e. The van der Waals surface area contributed by atoms with Gasteiger partial charge in [-0.3, -0.25) is 0 Å². The van der Waals surface area contributed by atoms with E-state index in [1.807, 2.05) is 18.2 Å². The van der Waals surface area contributed by atoms with Crippen molar-refractivity contribution in [3.63, 3.8) is 0 Å². The molecule has 0 saturated heterocycles. The number of aromatic amines is 1. The van der Waals surface area contributed by atoms with E-state index in [0.29, 0.717) is 11.5 Å². The Labute approximate surface area is 122 Å². The number of aromatic nitrogens is 4. The summed E-state index contributed by atoms with van der Waals surface area (Å²) in [7, 11) is 0. The molecule has 0 aliphatic rings. The molecule has 3 rings (SSSR count). The van der Waals surface area contributed by atoms with Crippen molar-refractivity contribution in [3.05, 3.63) is 42.2 Å². The lowest BCUT2D eigenvalue weighted by Gasteiger charge is -2.26. The highest BCUT2D eigenvalue weighted by molar-refractivity contribution is 5.83. The van der Waals surface area contributed by atoms with Gasteiger partial charge in [-0.15, -0.1) is 0 Å². The molecule has 0 fully saturated rings. The highest BCUT2D eigenvalue weighted by Gasteiger charge is 2.21. The summed E-state index contributed by atoms with van der Waals surface area (Å²) in [4.78, 5) is 15.5. The average molecular weight is 282 g/mol. The minimum atomic E-state index is -0.0344. The molecule has 108 valence electrons. The Hall–Kier alpha value is -2.63. The summed E-state index contributed by atoms with van der Waals surface area (Å²) in [6, 6.07) is 10.4. The zero-order valence-electron chi connectivity index (χ0n) is 12.1. The maximum Gasteiger partial charge on any atom is 0.224 e. The quantitative estimate of drug-likeness (QED) is 0.683. The molecule has 0 aliphatic heterocycles. The summed E-state index contributed by atoms with van der Waals surface area (Å²) >= 11 is 0. The van der Waals surface area contributed by atoms with Crippen LogP contribution >= 0.6 is 0 Å². The number of rotatable bonds is 4. The molecule has 1 aromatic carbocycles. The molecular weight excluding hydrogens is 264 g/mol. The number of nitrogens with one attached hydrogen (secondary N) is 2. The van der Waals surface area contributed by atoms with Gasteiger partial charge in [-0.2, -0.15) is 9.97 Å². The number of hydrogen-bond acceptors (Lipinski definition) is 5. The van der Waals surface area contributed by atoms with Gasteiger partial charge in [-0.25, -0.2) is 4.98 Å². The minimum Gasteiger partial charge on any atom is -0.368 e. The van der Waals surface area contributed by atoms with Gasteiger partial charge in [0.25, 0.3) is 0 Å². The third kappa shape index (κ3) is 2.65. The monoisotopic (exact) mass is 282 g/mol. The van der Waals surface area contributed by atoms with Crippen LogP contribution in [-0.2, 0) is 5.41 Å². The number of benzene rings is 1. The van der Waals surface area contributed by atoms with E-state index in [4.69, 9.17) is 5.73 Å². The van der Waals surface area contributed by atoms with Crippen molar-refractivity contribution in [3.8, 4) is 0 Å². The van der Waals surface area contributed by atoms with Crippen molar-refractivity contribution in [2.24, 2.45) is 0 Å². The lowest BCUT2D eigenvalue weighted by atomic mass is 9.84. The SMILES string of the molecule is CC(C)(CNc1nc(N)nc2nc[nH]c12)c1ccccc1. The largest absolute Gasteiger partial charge is 0.368 e. The molecule has 6 heteroatoms. The maximum atomic E-state index is 5.72. The van der Waals surface area contributed by atoms with E-state index in [2.05, 4.69) is 51.2 Å². The van der Waals surface area contributed by atoms with Gasteiger partial charge >= 0.3 is 0 Å². The number of nitrogens with zero attached hydrogens (tertiary/aromatic N) is 3. The Morgan fingerprint density at radius 1 is 1.19 bits per heavy atom. The normalized spacial score (nSPS) is 11.7. The van der Waals surface area contributed by atoms with Crippen LogP contribution in [0.15, 0.2) is 36.7 Å². The third-order valence-corrected chi connectivity index (χ3v) is 3.56. The number of nitrogens with two attached hydrogens (primary N) is 1. The molecule has 0 saturated carbocycles. The topological polar surface area (TPSA) is 92.5 Å². The zero-order chi connectivity index (χ0) is 14.9. The molecule has 0 radical (unpaired) electrons. The fourth-order valence-electron chi connectivity index (χ4n) is 2.27. The van der Waals surface area contributed by atoms with Crippen molar-refractivity contribution in [1.82, 2.24) is 19.9 Å². The van der Waals surface area contributed by atoms with Crippen molar-refractivity contribution in [2.45, 2.75) is 19.3 Å². The summed E-state index contributed by atoms with van der Waals surface area (Å²) in [6.45, 7) is 5.09. The molecule has 0 aliphatic carbocycles. The van der Waals surface area contributed by atoms with E-state index < -0.39 is 0 Å². The standard InChI is InChI=1S/C15H18N6/c1-15(2,10-6-4-3-5-7-10)8-17-12-11-13(19-9-18-11)21-14(16)20-12/h3-7,9H,8H2,1-2H3,(H4,16,17,18,19,20,21). The second kappa shape index (κ2) is 5.05. The van der Waals surface area contributed by atoms with Gasteiger partial charge in [0.15, 0.2) is 11.5 Å². The predicted octanol–water partition coefficient (Wildman–Crippen LogP) is 2.32. The van der Waals surface area contributed by atoms with Crippen LogP contribution in [0.25, 0.3) is 11.2 Å². The number of fused-ring (bicyclic) bond motifs is 1. The number of hydrogen-bond donors (Lipinski definition) is 3. The van der Waals surface area contributed by atoms with Crippen LogP contribution < -0.4 is 11.1 Å². The number of H-pyrrole nitrogens is 1. The fourth-order valence-corrected chi connectivity index (χ4v) is 2.27. The van der Waals surface area contributed by atoms with Gasteiger partial charge in [0.05, 0.1) is 6.33 Å². The first-order chi connectivity index (χ1) is 10.1. The molecule has 3 aromatic rings. The third-order valence-electron chi connectivity index (χ3n) is 3.56. The molecule has 0 spiro atoms. The maximum absolute atomic E-state index is 5.72. The van der Waals surface area contributed by atoms with Crippen molar-refractivity contribution < 1.29 is 0 Å². The molecule has 2 heterocycles. The fraction of sp³-hybridized carbons (Fsp3) is 0.267. The molecule has 2 aromatic heterocycles. The molecule has 0 atom stereocenters. The van der Waals surface area contributed by atoms with Gasteiger partial charge in [0.2, 0.25) is 5.95 Å². The average Bonchev–Trinajstić information content (AvgIpc) is 2.94. The Morgan fingerprint density at radius 3 is 2.71 bits per heavy atom. The Balaban J connectivity index is 1.85. The highest BCUT2D eigenvalue weighted by Crippen LogP contribution is 2.25. The van der Waals surface area contributed by atoms with Crippen LogP contribution in [0.5, 0.6) is 0 Å². The second-order valence-electron chi connectivity index (χ2n) is 5.64. The van der Waals surface area contributed by atoms with Gasteiger partial charge in [0, 0.05) is 12.0 Å². The van der Waals surface area contributed by atoms with E-state index in [-0.39, 0.29) is 11.4 Å². The Kier molecular flexibility index (Phi) is 3.21. The first kappa shape index (κ1) is 13.4. The number of nitrogen functional groups attached to an aromatic ring is 1. The summed E-state index contributed by atoms with van der Waals surface area (Å²) in [6.07, 6.45) is 1.59.